The van der Waals surface area contributed by atoms with Crippen LogP contribution < -0.4 is 5.32 Å². The van der Waals surface area contributed by atoms with Crippen LogP contribution in [0.4, 0.5) is 0 Å². The molecule has 5 heteroatoms. The van der Waals surface area contributed by atoms with Gasteiger partial charge in [0.25, 0.3) is 5.91 Å². The van der Waals surface area contributed by atoms with E-state index >= 15 is 0 Å². The lowest BCUT2D eigenvalue weighted by molar-refractivity contribution is 0.0851. The number of carbonyl (C=O) groups excluding carboxylic acids is 1. The average molecular weight is 343 g/mol. The first kappa shape index (κ1) is 19.2. The number of nitrogens with one attached hydrogen (secondary N) is 1. The van der Waals surface area contributed by atoms with E-state index in [1.54, 1.807) is 0 Å². The van der Waals surface area contributed by atoms with Crippen molar-refractivity contribution in [1.82, 2.24) is 15.1 Å². The number of aliphatic hydroxyl groups excluding tert-OH is 1. The molecular formula is C20H29N3O2. The number of aryl methyl sites for hydroxylation is 2. The van der Waals surface area contributed by atoms with E-state index in [1.807, 2.05) is 62.7 Å². The second-order valence-electron chi connectivity index (χ2n) is 6.83. The van der Waals surface area contributed by atoms with E-state index < -0.39 is 0 Å². The van der Waals surface area contributed by atoms with Gasteiger partial charge in [0.1, 0.15) is 0 Å². The number of benzene rings is 1. The molecule has 0 bridgehead atoms. The van der Waals surface area contributed by atoms with Crippen molar-refractivity contribution in [2.24, 2.45) is 5.41 Å². The summed E-state index contributed by atoms with van der Waals surface area (Å²) in [4.78, 5) is 12.5. The third kappa shape index (κ3) is 4.69. The quantitative estimate of drug-likeness (QED) is 0.774. The zero-order valence-electron chi connectivity index (χ0n) is 15.7. The van der Waals surface area contributed by atoms with Gasteiger partial charge in [0.15, 0.2) is 0 Å². The summed E-state index contributed by atoms with van der Waals surface area (Å²) in [7, 11) is 0. The minimum absolute atomic E-state index is 0.0816. The fraction of sp³-hybridized carbons (Fsp3) is 0.500. The second-order valence-corrected chi connectivity index (χ2v) is 6.83. The molecule has 25 heavy (non-hydrogen) atoms. The third-order valence-electron chi connectivity index (χ3n) is 5.08. The van der Waals surface area contributed by atoms with Gasteiger partial charge in [-0.1, -0.05) is 26.0 Å². The molecule has 0 aliphatic heterocycles. The van der Waals surface area contributed by atoms with Crippen LogP contribution in [0.2, 0.25) is 0 Å². The maximum atomic E-state index is 12.5. The highest BCUT2D eigenvalue weighted by atomic mass is 16.3. The van der Waals surface area contributed by atoms with Crippen LogP contribution in [0.3, 0.4) is 0 Å². The standard InChI is InChI=1S/C20H29N3O2/c1-5-20(6-2,14-24)13-21-19(25)18-9-7-8-17(11-18)12-23-16(4)10-15(3)22-23/h7-11,24H,5-6,12-14H2,1-4H3,(H,21,25). The van der Waals surface area contributed by atoms with Crippen LogP contribution in [0.25, 0.3) is 0 Å². The number of amides is 1. The van der Waals surface area contributed by atoms with Gasteiger partial charge in [0.05, 0.1) is 18.8 Å². The monoisotopic (exact) mass is 343 g/mol. The first-order valence-electron chi connectivity index (χ1n) is 8.92. The summed E-state index contributed by atoms with van der Waals surface area (Å²) in [6, 6.07) is 9.67. The number of aliphatic hydroxyl groups is 1. The number of hydrogen-bond acceptors (Lipinski definition) is 3. The fourth-order valence-corrected chi connectivity index (χ4v) is 2.97. The van der Waals surface area contributed by atoms with E-state index in [4.69, 9.17) is 0 Å². The molecule has 0 spiro atoms. The van der Waals surface area contributed by atoms with Crippen molar-refractivity contribution >= 4 is 5.91 Å². The largest absolute Gasteiger partial charge is 0.396 e. The van der Waals surface area contributed by atoms with Gasteiger partial charge in [-0.15, -0.1) is 0 Å². The highest BCUT2D eigenvalue weighted by molar-refractivity contribution is 5.94. The number of carbonyl (C=O) groups is 1. The first-order valence-corrected chi connectivity index (χ1v) is 8.92. The molecule has 0 atom stereocenters. The van der Waals surface area contributed by atoms with E-state index in [-0.39, 0.29) is 17.9 Å². The van der Waals surface area contributed by atoms with Crippen molar-refractivity contribution in [2.75, 3.05) is 13.2 Å². The Morgan fingerprint density at radius 1 is 1.24 bits per heavy atom. The summed E-state index contributed by atoms with van der Waals surface area (Å²) in [6.45, 7) is 9.30. The van der Waals surface area contributed by atoms with Crippen molar-refractivity contribution in [2.45, 2.75) is 47.1 Å². The van der Waals surface area contributed by atoms with Gasteiger partial charge in [0, 0.05) is 23.2 Å². The van der Waals surface area contributed by atoms with Gasteiger partial charge >= 0.3 is 0 Å². The van der Waals surface area contributed by atoms with Crippen LogP contribution in [0.15, 0.2) is 30.3 Å². The zero-order valence-corrected chi connectivity index (χ0v) is 15.7. The predicted molar refractivity (Wildman–Crippen MR) is 99.7 cm³/mol. The Bertz CT molecular complexity index is 709. The van der Waals surface area contributed by atoms with E-state index in [1.165, 1.54) is 0 Å². The van der Waals surface area contributed by atoms with E-state index in [2.05, 4.69) is 10.4 Å². The molecule has 2 rings (SSSR count). The summed E-state index contributed by atoms with van der Waals surface area (Å²) >= 11 is 0. The lowest BCUT2D eigenvalue weighted by Gasteiger charge is -2.29. The third-order valence-corrected chi connectivity index (χ3v) is 5.08. The van der Waals surface area contributed by atoms with E-state index in [0.717, 1.165) is 29.8 Å². The summed E-state index contributed by atoms with van der Waals surface area (Å²) in [5, 5.41) is 17.1. The molecule has 2 N–H and O–H groups in total. The SMILES string of the molecule is CCC(CC)(CO)CNC(=O)c1cccc(Cn2nc(C)cc2C)c1. The van der Waals surface area contributed by atoms with E-state index in [0.29, 0.717) is 18.7 Å². The van der Waals surface area contributed by atoms with Crippen LogP contribution in [0, 0.1) is 19.3 Å². The molecule has 0 aliphatic rings. The molecule has 0 fully saturated rings. The maximum Gasteiger partial charge on any atom is 0.251 e. The molecule has 2 aromatic rings. The average Bonchev–Trinajstić information content (AvgIpc) is 2.94. The topological polar surface area (TPSA) is 67.2 Å². The Labute approximate surface area is 150 Å². The molecule has 5 nitrogen and oxygen atoms in total. The lowest BCUT2D eigenvalue weighted by Crippen LogP contribution is -2.39. The Morgan fingerprint density at radius 2 is 1.96 bits per heavy atom. The van der Waals surface area contributed by atoms with Gasteiger partial charge in [-0.05, 0) is 50.5 Å². The molecule has 1 amide bonds. The maximum absolute atomic E-state index is 12.5. The van der Waals surface area contributed by atoms with Crippen LogP contribution in [0.5, 0.6) is 0 Å². The normalized spacial score (nSPS) is 11.6. The van der Waals surface area contributed by atoms with Crippen molar-refractivity contribution in [3.05, 3.63) is 52.8 Å². The number of hydrogen-bond donors (Lipinski definition) is 2. The molecule has 0 saturated carbocycles. The van der Waals surface area contributed by atoms with Crippen LogP contribution in [-0.4, -0.2) is 33.9 Å². The Balaban J connectivity index is 2.07. The Hall–Kier alpha value is -2.14. The minimum Gasteiger partial charge on any atom is -0.396 e. The van der Waals surface area contributed by atoms with Gasteiger partial charge in [-0.25, -0.2) is 0 Å². The summed E-state index contributed by atoms with van der Waals surface area (Å²) in [5.74, 6) is -0.102. The van der Waals surface area contributed by atoms with Crippen molar-refractivity contribution in [3.63, 3.8) is 0 Å². The molecule has 136 valence electrons. The molecule has 0 radical (unpaired) electrons. The summed E-state index contributed by atoms with van der Waals surface area (Å²) < 4.78 is 1.94. The van der Waals surface area contributed by atoms with Gasteiger partial charge in [-0.2, -0.15) is 5.10 Å². The number of nitrogens with zero attached hydrogens (tertiary/aromatic N) is 2. The van der Waals surface area contributed by atoms with Crippen LogP contribution in [-0.2, 0) is 6.54 Å². The fourth-order valence-electron chi connectivity index (χ4n) is 2.97. The highest BCUT2D eigenvalue weighted by Crippen LogP contribution is 2.24. The van der Waals surface area contributed by atoms with Gasteiger partial charge < -0.3 is 10.4 Å². The molecule has 0 unspecified atom stereocenters. The smallest absolute Gasteiger partial charge is 0.251 e. The second kappa shape index (κ2) is 8.30. The van der Waals surface area contributed by atoms with Crippen LogP contribution in [0.1, 0.15) is 54.0 Å². The zero-order chi connectivity index (χ0) is 18.4. The van der Waals surface area contributed by atoms with Gasteiger partial charge in [0.2, 0.25) is 0 Å². The Kier molecular flexibility index (Phi) is 6.37. The summed E-state index contributed by atoms with van der Waals surface area (Å²) in [6.07, 6.45) is 1.66. The van der Waals surface area contributed by atoms with Gasteiger partial charge in [-0.3, -0.25) is 9.48 Å². The van der Waals surface area contributed by atoms with Crippen molar-refractivity contribution < 1.29 is 9.90 Å². The molecule has 0 aliphatic carbocycles. The van der Waals surface area contributed by atoms with Crippen LogP contribution >= 0.6 is 0 Å². The number of rotatable bonds is 8. The lowest BCUT2D eigenvalue weighted by atomic mass is 9.83. The molecule has 1 aromatic heterocycles. The van der Waals surface area contributed by atoms with Crippen molar-refractivity contribution in [1.29, 1.82) is 0 Å². The minimum atomic E-state index is -0.239. The summed E-state index contributed by atoms with van der Waals surface area (Å²) in [5.41, 5.74) is 3.53. The molecular weight excluding hydrogens is 314 g/mol. The first-order chi connectivity index (χ1) is 11.9. The predicted octanol–water partition coefficient (Wildman–Crippen LogP) is 3.08. The molecule has 1 aromatic carbocycles. The number of aromatic nitrogens is 2. The molecule has 0 saturated heterocycles. The van der Waals surface area contributed by atoms with Crippen molar-refractivity contribution in [3.8, 4) is 0 Å². The highest BCUT2D eigenvalue weighted by Gasteiger charge is 2.26. The Morgan fingerprint density at radius 3 is 2.52 bits per heavy atom. The van der Waals surface area contributed by atoms with E-state index in [9.17, 15) is 9.90 Å². The molecule has 1 heterocycles.